The molecular formula is C15H22N2O2. The lowest BCUT2D eigenvalue weighted by Crippen LogP contribution is -2.39. The van der Waals surface area contributed by atoms with Crippen molar-refractivity contribution in [3.05, 3.63) is 29.8 Å². The Bertz CT molecular complexity index is 469. The third-order valence-electron chi connectivity index (χ3n) is 4.19. The van der Waals surface area contributed by atoms with E-state index in [1.54, 1.807) is 12.0 Å². The van der Waals surface area contributed by atoms with E-state index in [2.05, 4.69) is 0 Å². The standard InChI is InChI=1S/C15H22N2O2/c1-11(12-6-4-5-7-13(12)19-3)17(2)14(18)15(10-16)8-9-15/h4-7,11H,8-10,16H2,1-3H3. The number of ether oxygens (including phenoxy) is 1. The molecule has 1 aliphatic rings. The number of methoxy groups -OCH3 is 1. The van der Waals surface area contributed by atoms with Crippen molar-refractivity contribution < 1.29 is 9.53 Å². The summed E-state index contributed by atoms with van der Waals surface area (Å²) < 4.78 is 5.36. The van der Waals surface area contributed by atoms with Crippen molar-refractivity contribution in [2.24, 2.45) is 11.1 Å². The molecular weight excluding hydrogens is 240 g/mol. The van der Waals surface area contributed by atoms with Crippen molar-refractivity contribution in [1.29, 1.82) is 0 Å². The van der Waals surface area contributed by atoms with Gasteiger partial charge in [0.1, 0.15) is 5.75 Å². The molecule has 4 nitrogen and oxygen atoms in total. The first kappa shape index (κ1) is 13.9. The largest absolute Gasteiger partial charge is 0.496 e. The first-order valence-electron chi connectivity index (χ1n) is 6.66. The number of hydrogen-bond donors (Lipinski definition) is 1. The monoisotopic (exact) mass is 262 g/mol. The molecule has 1 atom stereocenters. The average molecular weight is 262 g/mol. The Kier molecular flexibility index (Phi) is 3.80. The SMILES string of the molecule is COc1ccccc1C(C)N(C)C(=O)C1(CN)CC1. The third-order valence-corrected chi connectivity index (χ3v) is 4.19. The zero-order chi connectivity index (χ0) is 14.0. The third kappa shape index (κ3) is 2.45. The van der Waals surface area contributed by atoms with Crippen LogP contribution in [0.25, 0.3) is 0 Å². The van der Waals surface area contributed by atoms with Gasteiger partial charge in [0, 0.05) is 19.2 Å². The predicted molar refractivity (Wildman–Crippen MR) is 74.9 cm³/mol. The fourth-order valence-electron chi connectivity index (χ4n) is 2.43. The Morgan fingerprint density at radius 1 is 1.47 bits per heavy atom. The molecule has 4 heteroatoms. The number of nitrogens with zero attached hydrogens (tertiary/aromatic N) is 1. The van der Waals surface area contributed by atoms with Gasteiger partial charge < -0.3 is 15.4 Å². The zero-order valence-corrected chi connectivity index (χ0v) is 11.8. The maximum Gasteiger partial charge on any atom is 0.230 e. The molecule has 0 aromatic heterocycles. The first-order chi connectivity index (χ1) is 9.05. The van der Waals surface area contributed by atoms with Gasteiger partial charge in [0.25, 0.3) is 0 Å². The number of amides is 1. The fraction of sp³-hybridized carbons (Fsp3) is 0.533. The van der Waals surface area contributed by atoms with E-state index in [1.807, 2.05) is 38.2 Å². The van der Waals surface area contributed by atoms with Crippen LogP contribution in [0.4, 0.5) is 0 Å². The predicted octanol–water partition coefficient (Wildman–Crippen LogP) is 1.95. The van der Waals surface area contributed by atoms with E-state index in [1.165, 1.54) is 0 Å². The molecule has 1 saturated carbocycles. The summed E-state index contributed by atoms with van der Waals surface area (Å²) in [5.74, 6) is 0.959. The van der Waals surface area contributed by atoms with Crippen LogP contribution in [-0.4, -0.2) is 31.5 Å². The molecule has 0 heterocycles. The lowest BCUT2D eigenvalue weighted by Gasteiger charge is -2.29. The number of nitrogens with two attached hydrogens (primary N) is 1. The van der Waals surface area contributed by atoms with Gasteiger partial charge in [-0.05, 0) is 25.8 Å². The van der Waals surface area contributed by atoms with E-state index >= 15 is 0 Å². The van der Waals surface area contributed by atoms with Crippen molar-refractivity contribution >= 4 is 5.91 Å². The van der Waals surface area contributed by atoms with Crippen LogP contribution in [0.1, 0.15) is 31.4 Å². The molecule has 0 spiro atoms. The normalized spacial score (nSPS) is 17.7. The molecule has 0 saturated heterocycles. The van der Waals surface area contributed by atoms with Crippen LogP contribution >= 0.6 is 0 Å². The van der Waals surface area contributed by atoms with Crippen LogP contribution in [0, 0.1) is 5.41 Å². The number of benzene rings is 1. The molecule has 1 aromatic rings. The van der Waals surface area contributed by atoms with Gasteiger partial charge in [-0.3, -0.25) is 4.79 Å². The molecule has 0 bridgehead atoms. The van der Waals surface area contributed by atoms with E-state index in [0.717, 1.165) is 24.2 Å². The number of para-hydroxylation sites is 1. The van der Waals surface area contributed by atoms with Crippen LogP contribution < -0.4 is 10.5 Å². The van der Waals surface area contributed by atoms with Crippen LogP contribution in [0.2, 0.25) is 0 Å². The molecule has 1 aromatic carbocycles. The fourth-order valence-corrected chi connectivity index (χ4v) is 2.43. The number of rotatable bonds is 5. The van der Waals surface area contributed by atoms with E-state index in [4.69, 9.17) is 10.5 Å². The Hall–Kier alpha value is -1.55. The van der Waals surface area contributed by atoms with Crippen LogP contribution in [-0.2, 0) is 4.79 Å². The summed E-state index contributed by atoms with van der Waals surface area (Å²) >= 11 is 0. The van der Waals surface area contributed by atoms with Crippen molar-refractivity contribution in [2.75, 3.05) is 20.7 Å². The Morgan fingerprint density at radius 2 is 2.11 bits per heavy atom. The lowest BCUT2D eigenvalue weighted by atomic mass is 10.0. The van der Waals surface area contributed by atoms with Gasteiger partial charge >= 0.3 is 0 Å². The maximum absolute atomic E-state index is 12.5. The van der Waals surface area contributed by atoms with Gasteiger partial charge in [-0.25, -0.2) is 0 Å². The molecule has 2 rings (SSSR count). The molecule has 0 radical (unpaired) electrons. The number of carbonyl (C=O) groups is 1. The maximum atomic E-state index is 12.5. The quantitative estimate of drug-likeness (QED) is 0.882. The summed E-state index contributed by atoms with van der Waals surface area (Å²) in [6, 6.07) is 7.78. The van der Waals surface area contributed by atoms with E-state index in [9.17, 15) is 4.79 Å². The van der Waals surface area contributed by atoms with Gasteiger partial charge in [-0.15, -0.1) is 0 Å². The molecule has 1 amide bonds. The van der Waals surface area contributed by atoms with Crippen LogP contribution in [0.15, 0.2) is 24.3 Å². The summed E-state index contributed by atoms with van der Waals surface area (Å²) in [7, 11) is 3.49. The van der Waals surface area contributed by atoms with Crippen molar-refractivity contribution in [3.8, 4) is 5.75 Å². The molecule has 1 aliphatic carbocycles. The number of hydrogen-bond acceptors (Lipinski definition) is 3. The minimum absolute atomic E-state index is 0.0207. The second-order valence-electron chi connectivity index (χ2n) is 5.32. The summed E-state index contributed by atoms with van der Waals surface area (Å²) in [5, 5.41) is 0. The van der Waals surface area contributed by atoms with Gasteiger partial charge in [0.05, 0.1) is 18.6 Å². The molecule has 104 valence electrons. The average Bonchev–Trinajstić information content (AvgIpc) is 3.26. The molecule has 2 N–H and O–H groups in total. The van der Waals surface area contributed by atoms with E-state index in [0.29, 0.717) is 6.54 Å². The van der Waals surface area contributed by atoms with Gasteiger partial charge in [0.15, 0.2) is 0 Å². The van der Waals surface area contributed by atoms with Crippen LogP contribution in [0.5, 0.6) is 5.75 Å². The summed E-state index contributed by atoms with van der Waals surface area (Å²) in [6.45, 7) is 2.46. The highest BCUT2D eigenvalue weighted by Crippen LogP contribution is 2.47. The van der Waals surface area contributed by atoms with Crippen molar-refractivity contribution in [2.45, 2.75) is 25.8 Å². The molecule has 19 heavy (non-hydrogen) atoms. The van der Waals surface area contributed by atoms with Crippen molar-refractivity contribution in [3.63, 3.8) is 0 Å². The minimum Gasteiger partial charge on any atom is -0.496 e. The van der Waals surface area contributed by atoms with Crippen LogP contribution in [0.3, 0.4) is 0 Å². The zero-order valence-electron chi connectivity index (χ0n) is 11.8. The highest BCUT2D eigenvalue weighted by atomic mass is 16.5. The second kappa shape index (κ2) is 5.21. The highest BCUT2D eigenvalue weighted by molar-refractivity contribution is 5.85. The van der Waals surface area contributed by atoms with Gasteiger partial charge in [0.2, 0.25) is 5.91 Å². The smallest absolute Gasteiger partial charge is 0.230 e. The summed E-state index contributed by atoms with van der Waals surface area (Å²) in [4.78, 5) is 14.3. The second-order valence-corrected chi connectivity index (χ2v) is 5.32. The molecule has 1 unspecified atom stereocenters. The van der Waals surface area contributed by atoms with E-state index < -0.39 is 0 Å². The molecule has 0 aliphatic heterocycles. The molecule has 1 fully saturated rings. The summed E-state index contributed by atoms with van der Waals surface area (Å²) in [6.07, 6.45) is 1.82. The van der Waals surface area contributed by atoms with Gasteiger partial charge in [-0.2, -0.15) is 0 Å². The van der Waals surface area contributed by atoms with Gasteiger partial charge in [-0.1, -0.05) is 18.2 Å². The summed E-state index contributed by atoms with van der Waals surface area (Å²) in [5.41, 5.74) is 6.45. The minimum atomic E-state index is -0.301. The highest BCUT2D eigenvalue weighted by Gasteiger charge is 2.50. The Labute approximate surface area is 114 Å². The number of carbonyl (C=O) groups excluding carboxylic acids is 1. The van der Waals surface area contributed by atoms with E-state index in [-0.39, 0.29) is 17.4 Å². The lowest BCUT2D eigenvalue weighted by molar-refractivity contribution is -0.137. The Balaban J connectivity index is 2.19. The van der Waals surface area contributed by atoms with Crippen molar-refractivity contribution in [1.82, 2.24) is 4.90 Å². The first-order valence-corrected chi connectivity index (χ1v) is 6.66. The topological polar surface area (TPSA) is 55.6 Å². The Morgan fingerprint density at radius 3 is 2.63 bits per heavy atom.